The van der Waals surface area contributed by atoms with E-state index < -0.39 is 5.97 Å². The highest BCUT2D eigenvalue weighted by molar-refractivity contribution is 7.15. The number of ether oxygens (including phenoxy) is 1. The average Bonchev–Trinajstić information content (AvgIpc) is 3.01. The molecule has 0 radical (unpaired) electrons. The summed E-state index contributed by atoms with van der Waals surface area (Å²) in [6.45, 7) is 0.491. The molecule has 24 heavy (non-hydrogen) atoms. The Balaban J connectivity index is 1.72. The summed E-state index contributed by atoms with van der Waals surface area (Å²) in [4.78, 5) is 17.3. The summed E-state index contributed by atoms with van der Waals surface area (Å²) in [7, 11) is 0. The molecule has 0 saturated carbocycles. The Bertz CT molecular complexity index is 852. The number of hydrogen-bond acceptors (Lipinski definition) is 5. The molecule has 7 heteroatoms. The predicted molar refractivity (Wildman–Crippen MR) is 92.3 cm³/mol. The number of aromatic nitrogens is 1. The molecule has 2 aromatic carbocycles. The van der Waals surface area contributed by atoms with Gasteiger partial charge in [0.25, 0.3) is 0 Å². The molecule has 0 aliphatic rings. The minimum atomic E-state index is -0.521. The van der Waals surface area contributed by atoms with Crippen molar-refractivity contribution in [2.75, 3.05) is 5.32 Å². The number of carbonyl (C=O) groups excluding carboxylic acids is 1. The van der Waals surface area contributed by atoms with Gasteiger partial charge in [0.05, 0.1) is 12.1 Å². The topological polar surface area (TPSA) is 51.2 Å². The maximum atomic E-state index is 12.9. The molecule has 1 N–H and O–H groups in total. The van der Waals surface area contributed by atoms with E-state index in [0.29, 0.717) is 22.3 Å². The highest BCUT2D eigenvalue weighted by Crippen LogP contribution is 2.22. The molecule has 122 valence electrons. The van der Waals surface area contributed by atoms with Gasteiger partial charge in [-0.25, -0.2) is 14.2 Å². The zero-order valence-corrected chi connectivity index (χ0v) is 13.9. The molecule has 3 rings (SSSR count). The molecule has 0 fully saturated rings. The fourth-order valence-electron chi connectivity index (χ4n) is 2.03. The monoisotopic (exact) mass is 362 g/mol. The Morgan fingerprint density at radius 3 is 2.67 bits per heavy atom. The van der Waals surface area contributed by atoms with Gasteiger partial charge in [-0.2, -0.15) is 0 Å². The summed E-state index contributed by atoms with van der Waals surface area (Å²) in [6.07, 6.45) is 1.68. The molecule has 1 heterocycles. The maximum absolute atomic E-state index is 12.9. The van der Waals surface area contributed by atoms with E-state index in [-0.39, 0.29) is 11.6 Å². The molecule has 0 saturated heterocycles. The van der Waals surface area contributed by atoms with Crippen molar-refractivity contribution < 1.29 is 13.9 Å². The van der Waals surface area contributed by atoms with Crippen molar-refractivity contribution in [1.29, 1.82) is 0 Å². The highest BCUT2D eigenvalue weighted by atomic mass is 35.5. The van der Waals surface area contributed by atoms with Crippen LogP contribution in [0.1, 0.15) is 15.2 Å². The van der Waals surface area contributed by atoms with Crippen LogP contribution >= 0.6 is 22.9 Å². The van der Waals surface area contributed by atoms with Crippen molar-refractivity contribution in [1.82, 2.24) is 4.98 Å². The lowest BCUT2D eigenvalue weighted by Gasteiger charge is -2.11. The van der Waals surface area contributed by atoms with Crippen LogP contribution in [-0.2, 0) is 6.54 Å². The van der Waals surface area contributed by atoms with Crippen molar-refractivity contribution in [3.8, 4) is 5.75 Å². The third kappa shape index (κ3) is 4.10. The van der Waals surface area contributed by atoms with Crippen LogP contribution < -0.4 is 10.1 Å². The Morgan fingerprint density at radius 1 is 1.21 bits per heavy atom. The molecule has 0 spiro atoms. The van der Waals surface area contributed by atoms with E-state index in [2.05, 4.69) is 10.3 Å². The fourth-order valence-corrected chi connectivity index (χ4v) is 2.95. The van der Waals surface area contributed by atoms with Gasteiger partial charge in [-0.3, -0.25) is 0 Å². The van der Waals surface area contributed by atoms with Crippen LogP contribution in [0.2, 0.25) is 4.47 Å². The zero-order chi connectivity index (χ0) is 16.9. The van der Waals surface area contributed by atoms with Gasteiger partial charge in [0.15, 0.2) is 4.47 Å². The van der Waals surface area contributed by atoms with Gasteiger partial charge < -0.3 is 10.1 Å². The normalized spacial score (nSPS) is 10.4. The molecule has 0 bridgehead atoms. The quantitative estimate of drug-likeness (QED) is 0.525. The molecular formula is C17H12ClFN2O2S. The van der Waals surface area contributed by atoms with Crippen molar-refractivity contribution >= 4 is 34.6 Å². The Kier molecular flexibility index (Phi) is 5.08. The van der Waals surface area contributed by atoms with Crippen LogP contribution in [-0.4, -0.2) is 11.0 Å². The van der Waals surface area contributed by atoms with E-state index in [1.54, 1.807) is 24.4 Å². The molecule has 0 atom stereocenters. The molecule has 4 nitrogen and oxygen atoms in total. The lowest BCUT2D eigenvalue weighted by molar-refractivity contribution is 0.0735. The van der Waals surface area contributed by atoms with Crippen molar-refractivity contribution in [3.05, 3.63) is 75.5 Å². The first-order chi connectivity index (χ1) is 11.6. The highest BCUT2D eigenvalue weighted by Gasteiger charge is 2.13. The number of rotatable bonds is 5. The van der Waals surface area contributed by atoms with Crippen LogP contribution in [0.3, 0.4) is 0 Å². The van der Waals surface area contributed by atoms with Crippen molar-refractivity contribution in [2.45, 2.75) is 6.54 Å². The summed E-state index contributed by atoms with van der Waals surface area (Å²) in [5.74, 6) is -0.627. The van der Waals surface area contributed by atoms with Crippen LogP contribution in [0.25, 0.3) is 0 Å². The summed E-state index contributed by atoms with van der Waals surface area (Å²) in [5, 5.41) is 3.17. The first kappa shape index (κ1) is 16.4. The number of benzene rings is 2. The van der Waals surface area contributed by atoms with Gasteiger partial charge in [-0.05, 0) is 36.4 Å². The number of hydrogen-bond donors (Lipinski definition) is 1. The van der Waals surface area contributed by atoms with Crippen LogP contribution in [0.4, 0.5) is 10.1 Å². The lowest BCUT2D eigenvalue weighted by Crippen LogP contribution is -2.12. The largest absolute Gasteiger partial charge is 0.423 e. The van der Waals surface area contributed by atoms with E-state index >= 15 is 0 Å². The predicted octanol–water partition coefficient (Wildman–Crippen LogP) is 4.77. The van der Waals surface area contributed by atoms with E-state index in [9.17, 15) is 9.18 Å². The number of carbonyl (C=O) groups is 1. The molecule has 0 aliphatic carbocycles. The Hall–Kier alpha value is -2.44. The molecule has 0 amide bonds. The molecular weight excluding hydrogens is 351 g/mol. The van der Waals surface area contributed by atoms with E-state index in [0.717, 1.165) is 4.88 Å². The van der Waals surface area contributed by atoms with Gasteiger partial charge in [0, 0.05) is 16.8 Å². The van der Waals surface area contributed by atoms with Crippen LogP contribution in [0.5, 0.6) is 5.75 Å². The Labute approximate surface area is 146 Å². The van der Waals surface area contributed by atoms with Gasteiger partial charge in [-0.15, -0.1) is 11.3 Å². The van der Waals surface area contributed by atoms with Crippen LogP contribution in [0.15, 0.2) is 54.7 Å². The third-order valence-electron chi connectivity index (χ3n) is 3.15. The van der Waals surface area contributed by atoms with Gasteiger partial charge >= 0.3 is 5.97 Å². The molecule has 3 aromatic rings. The second-order valence-electron chi connectivity index (χ2n) is 4.82. The van der Waals surface area contributed by atoms with Crippen molar-refractivity contribution in [3.63, 3.8) is 0 Å². The van der Waals surface area contributed by atoms with Gasteiger partial charge in [0.1, 0.15) is 11.6 Å². The number of para-hydroxylation sites is 1. The summed E-state index contributed by atoms with van der Waals surface area (Å²) in [5.41, 5.74) is 1.02. The molecule has 0 aliphatic heterocycles. The fraction of sp³-hybridized carbons (Fsp3) is 0.0588. The summed E-state index contributed by atoms with van der Waals surface area (Å²) >= 11 is 7.17. The maximum Gasteiger partial charge on any atom is 0.345 e. The smallest absolute Gasteiger partial charge is 0.345 e. The van der Waals surface area contributed by atoms with Crippen molar-refractivity contribution in [2.24, 2.45) is 0 Å². The first-order valence-electron chi connectivity index (χ1n) is 7.02. The number of esters is 1. The van der Waals surface area contributed by atoms with E-state index in [4.69, 9.17) is 16.3 Å². The van der Waals surface area contributed by atoms with Gasteiger partial charge in [0.2, 0.25) is 0 Å². The van der Waals surface area contributed by atoms with E-state index in [1.165, 1.54) is 35.6 Å². The SMILES string of the molecule is O=C(Oc1ccc(F)cc1)c1ccccc1NCc1cnc(Cl)s1. The minimum Gasteiger partial charge on any atom is -0.423 e. The lowest BCUT2D eigenvalue weighted by atomic mass is 10.2. The number of nitrogens with zero attached hydrogens (tertiary/aromatic N) is 1. The van der Waals surface area contributed by atoms with Crippen LogP contribution in [0, 0.1) is 5.82 Å². The zero-order valence-electron chi connectivity index (χ0n) is 12.3. The average molecular weight is 363 g/mol. The number of nitrogens with one attached hydrogen (secondary N) is 1. The second-order valence-corrected chi connectivity index (χ2v) is 6.52. The number of thiazole rings is 1. The molecule has 1 aromatic heterocycles. The standard InChI is InChI=1S/C17H12ClFN2O2S/c18-17-21-10-13(24-17)9-20-15-4-2-1-3-14(15)16(22)23-12-7-5-11(19)6-8-12/h1-8,10,20H,9H2. The summed E-state index contributed by atoms with van der Waals surface area (Å²) in [6, 6.07) is 12.3. The minimum absolute atomic E-state index is 0.283. The first-order valence-corrected chi connectivity index (χ1v) is 8.22. The molecule has 0 unspecified atom stereocenters. The summed E-state index contributed by atoms with van der Waals surface area (Å²) < 4.78 is 18.7. The van der Waals surface area contributed by atoms with E-state index in [1.807, 2.05) is 6.07 Å². The third-order valence-corrected chi connectivity index (χ3v) is 4.26. The number of halogens is 2. The number of anilines is 1. The van der Waals surface area contributed by atoms with Gasteiger partial charge in [-0.1, -0.05) is 23.7 Å². The Morgan fingerprint density at radius 2 is 1.96 bits per heavy atom. The second kappa shape index (κ2) is 7.42.